The summed E-state index contributed by atoms with van der Waals surface area (Å²) in [6.45, 7) is 3.59. The molecule has 2 unspecified atom stereocenters. The number of halogens is 1. The lowest BCUT2D eigenvalue weighted by Gasteiger charge is -2.38. The van der Waals surface area contributed by atoms with E-state index in [0.29, 0.717) is 13.2 Å². The van der Waals surface area contributed by atoms with Crippen molar-refractivity contribution < 1.29 is 14.6 Å². The van der Waals surface area contributed by atoms with Crippen molar-refractivity contribution in [3.63, 3.8) is 0 Å². The maximum Gasteiger partial charge on any atom is 0.323 e. The monoisotopic (exact) mass is 327 g/mol. The van der Waals surface area contributed by atoms with Crippen molar-refractivity contribution in [2.24, 2.45) is 0 Å². The average molecular weight is 328 g/mol. The number of benzene rings is 1. The molecule has 0 spiro atoms. The van der Waals surface area contributed by atoms with E-state index in [9.17, 15) is 9.90 Å². The van der Waals surface area contributed by atoms with Gasteiger partial charge in [-0.3, -0.25) is 9.69 Å². The van der Waals surface area contributed by atoms with Gasteiger partial charge in [0.25, 0.3) is 0 Å². The second kappa shape index (κ2) is 6.50. The first kappa shape index (κ1) is 14.5. The topological polar surface area (TPSA) is 49.8 Å². The largest absolute Gasteiger partial charge is 0.480 e. The van der Waals surface area contributed by atoms with E-state index >= 15 is 0 Å². The van der Waals surface area contributed by atoms with Crippen LogP contribution in [0, 0.1) is 0 Å². The molecule has 2 rings (SSSR count). The molecule has 1 aromatic rings. The Kier molecular flexibility index (Phi) is 4.96. The van der Waals surface area contributed by atoms with Gasteiger partial charge >= 0.3 is 5.97 Å². The summed E-state index contributed by atoms with van der Waals surface area (Å²) in [4.78, 5) is 13.4. The summed E-state index contributed by atoms with van der Waals surface area (Å²) in [7, 11) is 0. The Morgan fingerprint density at radius 1 is 1.63 bits per heavy atom. The predicted octanol–water partition coefficient (Wildman–Crippen LogP) is 2.69. The van der Waals surface area contributed by atoms with Gasteiger partial charge < -0.3 is 9.84 Å². The third kappa shape index (κ3) is 3.35. The van der Waals surface area contributed by atoms with E-state index in [1.54, 1.807) is 0 Å². The number of carboxylic acid groups (broad SMARTS) is 1. The Hall–Kier alpha value is -0.910. The van der Waals surface area contributed by atoms with E-state index in [0.717, 1.165) is 16.5 Å². The molecule has 1 aliphatic rings. The second-order valence-electron chi connectivity index (χ2n) is 4.65. The molecule has 2 atom stereocenters. The van der Waals surface area contributed by atoms with Crippen molar-refractivity contribution in [2.45, 2.75) is 25.4 Å². The lowest BCUT2D eigenvalue weighted by molar-refractivity contribution is -0.151. The van der Waals surface area contributed by atoms with Gasteiger partial charge in [0.2, 0.25) is 0 Å². The molecule has 1 N–H and O–H groups in total. The minimum Gasteiger partial charge on any atom is -0.480 e. The number of aliphatic carboxylic acids is 1. The standard InChI is InChI=1S/C14H18BrNO3/c1-2-12(10-4-3-5-11(15)8-10)16-6-7-19-9-13(16)14(17)18/h3-5,8,12-13H,2,6-7,9H2,1H3,(H,17,18). The van der Waals surface area contributed by atoms with E-state index in [1.165, 1.54) is 0 Å². The average Bonchev–Trinajstić information content (AvgIpc) is 2.40. The SMILES string of the molecule is CCC(c1cccc(Br)c1)N1CCOCC1C(=O)O. The summed E-state index contributed by atoms with van der Waals surface area (Å²) < 4.78 is 6.31. The number of ether oxygens (including phenoxy) is 1. The number of morpholine rings is 1. The van der Waals surface area contributed by atoms with E-state index in [2.05, 4.69) is 28.9 Å². The second-order valence-corrected chi connectivity index (χ2v) is 5.56. The quantitative estimate of drug-likeness (QED) is 0.923. The van der Waals surface area contributed by atoms with Gasteiger partial charge in [0.15, 0.2) is 0 Å². The number of hydrogen-bond acceptors (Lipinski definition) is 3. The molecule has 0 radical (unpaired) electrons. The first-order valence-electron chi connectivity index (χ1n) is 6.45. The zero-order valence-electron chi connectivity index (χ0n) is 10.9. The summed E-state index contributed by atoms with van der Waals surface area (Å²) in [6.07, 6.45) is 0.875. The third-order valence-corrected chi connectivity index (χ3v) is 3.97. The molecule has 5 heteroatoms. The van der Waals surface area contributed by atoms with Crippen LogP contribution in [0.4, 0.5) is 0 Å². The van der Waals surface area contributed by atoms with Crippen LogP contribution in [-0.4, -0.2) is 41.8 Å². The molecule has 0 saturated carbocycles. The van der Waals surface area contributed by atoms with Crippen LogP contribution in [0.1, 0.15) is 24.9 Å². The van der Waals surface area contributed by atoms with Crippen molar-refractivity contribution in [1.29, 1.82) is 0 Å². The van der Waals surface area contributed by atoms with Crippen LogP contribution in [-0.2, 0) is 9.53 Å². The van der Waals surface area contributed by atoms with Crippen LogP contribution in [0.2, 0.25) is 0 Å². The number of carbonyl (C=O) groups is 1. The zero-order valence-corrected chi connectivity index (χ0v) is 12.5. The lowest BCUT2D eigenvalue weighted by atomic mass is 10.0. The highest BCUT2D eigenvalue weighted by Crippen LogP contribution is 2.29. The minimum atomic E-state index is -0.812. The Labute approximate surface area is 121 Å². The summed E-state index contributed by atoms with van der Waals surface area (Å²) in [5.74, 6) is -0.812. The molecule has 0 aromatic heterocycles. The van der Waals surface area contributed by atoms with Gasteiger partial charge in [-0.15, -0.1) is 0 Å². The molecule has 1 heterocycles. The van der Waals surface area contributed by atoms with Crippen LogP contribution in [0.5, 0.6) is 0 Å². The molecular weight excluding hydrogens is 310 g/mol. The minimum absolute atomic E-state index is 0.113. The summed E-state index contributed by atoms with van der Waals surface area (Å²) >= 11 is 3.47. The van der Waals surface area contributed by atoms with E-state index < -0.39 is 12.0 Å². The molecule has 104 valence electrons. The molecule has 1 aliphatic heterocycles. The Balaban J connectivity index is 2.26. The Morgan fingerprint density at radius 3 is 3.05 bits per heavy atom. The van der Waals surface area contributed by atoms with Crippen molar-refractivity contribution in [2.75, 3.05) is 19.8 Å². The van der Waals surface area contributed by atoms with Gasteiger partial charge in [0, 0.05) is 17.1 Å². The highest BCUT2D eigenvalue weighted by molar-refractivity contribution is 9.10. The van der Waals surface area contributed by atoms with Gasteiger partial charge in [-0.1, -0.05) is 35.0 Å². The fraction of sp³-hybridized carbons (Fsp3) is 0.500. The first-order valence-corrected chi connectivity index (χ1v) is 7.24. The van der Waals surface area contributed by atoms with Crippen LogP contribution in [0.3, 0.4) is 0 Å². The molecule has 19 heavy (non-hydrogen) atoms. The molecule has 0 bridgehead atoms. The van der Waals surface area contributed by atoms with Crippen molar-refractivity contribution in [3.8, 4) is 0 Å². The van der Waals surface area contributed by atoms with Crippen LogP contribution >= 0.6 is 15.9 Å². The van der Waals surface area contributed by atoms with Gasteiger partial charge in [0.1, 0.15) is 6.04 Å². The smallest absolute Gasteiger partial charge is 0.323 e. The van der Waals surface area contributed by atoms with Crippen LogP contribution in [0.15, 0.2) is 28.7 Å². The zero-order chi connectivity index (χ0) is 13.8. The van der Waals surface area contributed by atoms with Gasteiger partial charge in [-0.05, 0) is 24.1 Å². The lowest BCUT2D eigenvalue weighted by Crippen LogP contribution is -2.51. The van der Waals surface area contributed by atoms with E-state index in [4.69, 9.17) is 4.74 Å². The number of hydrogen-bond donors (Lipinski definition) is 1. The normalized spacial score (nSPS) is 22.1. The van der Waals surface area contributed by atoms with E-state index in [-0.39, 0.29) is 12.6 Å². The molecule has 1 saturated heterocycles. The maximum absolute atomic E-state index is 11.4. The predicted molar refractivity (Wildman–Crippen MR) is 76.1 cm³/mol. The van der Waals surface area contributed by atoms with Crippen molar-refractivity contribution >= 4 is 21.9 Å². The number of carboxylic acids is 1. The molecule has 0 aliphatic carbocycles. The van der Waals surface area contributed by atoms with Gasteiger partial charge in [0.05, 0.1) is 13.2 Å². The first-order chi connectivity index (χ1) is 9.13. The molecular formula is C14H18BrNO3. The van der Waals surface area contributed by atoms with Crippen LogP contribution < -0.4 is 0 Å². The molecule has 4 nitrogen and oxygen atoms in total. The van der Waals surface area contributed by atoms with E-state index in [1.807, 2.05) is 23.1 Å². The summed E-state index contributed by atoms with van der Waals surface area (Å²) in [5, 5.41) is 9.32. The fourth-order valence-electron chi connectivity index (χ4n) is 2.58. The number of rotatable bonds is 4. The highest BCUT2D eigenvalue weighted by Gasteiger charge is 2.34. The summed E-state index contributed by atoms with van der Waals surface area (Å²) in [5.41, 5.74) is 1.14. The van der Waals surface area contributed by atoms with Crippen molar-refractivity contribution in [1.82, 2.24) is 4.90 Å². The van der Waals surface area contributed by atoms with Gasteiger partial charge in [-0.25, -0.2) is 0 Å². The molecule has 0 amide bonds. The van der Waals surface area contributed by atoms with Crippen LogP contribution in [0.25, 0.3) is 0 Å². The Morgan fingerprint density at radius 2 is 2.42 bits per heavy atom. The summed E-state index contributed by atoms with van der Waals surface area (Å²) in [6, 6.07) is 7.62. The molecule has 1 fully saturated rings. The Bertz CT molecular complexity index is 452. The van der Waals surface area contributed by atoms with Gasteiger partial charge in [-0.2, -0.15) is 0 Å². The fourth-order valence-corrected chi connectivity index (χ4v) is 3.00. The highest BCUT2D eigenvalue weighted by atomic mass is 79.9. The number of nitrogens with zero attached hydrogens (tertiary/aromatic N) is 1. The van der Waals surface area contributed by atoms with Crippen molar-refractivity contribution in [3.05, 3.63) is 34.3 Å². The molecule has 1 aromatic carbocycles. The maximum atomic E-state index is 11.4. The third-order valence-electron chi connectivity index (χ3n) is 3.48.